The molecule has 5 nitrogen and oxygen atoms in total. The predicted molar refractivity (Wildman–Crippen MR) is 66.8 cm³/mol. The van der Waals surface area contributed by atoms with Crippen LogP contribution in [0.3, 0.4) is 0 Å². The van der Waals surface area contributed by atoms with Gasteiger partial charge in [0.1, 0.15) is 6.04 Å². The van der Waals surface area contributed by atoms with Crippen molar-refractivity contribution in [3.63, 3.8) is 0 Å². The Bertz CT molecular complexity index is 324. The summed E-state index contributed by atoms with van der Waals surface area (Å²) < 4.78 is 0. The number of hydrogen-bond donors (Lipinski definition) is 3. The van der Waals surface area contributed by atoms with Crippen molar-refractivity contribution in [2.75, 3.05) is 13.2 Å². The van der Waals surface area contributed by atoms with E-state index in [1.54, 1.807) is 0 Å². The van der Waals surface area contributed by atoms with Gasteiger partial charge in [-0.2, -0.15) is 0 Å². The summed E-state index contributed by atoms with van der Waals surface area (Å²) in [6.07, 6.45) is 6.42. The monoisotopic (exact) mass is 254 g/mol. The third-order valence-corrected chi connectivity index (χ3v) is 4.20. The smallest absolute Gasteiger partial charge is 0.242 e. The molecule has 0 radical (unpaired) electrons. The van der Waals surface area contributed by atoms with Crippen molar-refractivity contribution in [2.24, 2.45) is 5.41 Å². The van der Waals surface area contributed by atoms with Gasteiger partial charge in [0.15, 0.2) is 0 Å². The lowest BCUT2D eigenvalue weighted by Crippen LogP contribution is -2.47. The molecule has 0 bridgehead atoms. The van der Waals surface area contributed by atoms with E-state index >= 15 is 0 Å². The summed E-state index contributed by atoms with van der Waals surface area (Å²) in [6.45, 7) is 0.652. The average Bonchev–Trinajstić information content (AvgIpc) is 2.84. The van der Waals surface area contributed by atoms with E-state index in [9.17, 15) is 14.7 Å². The minimum absolute atomic E-state index is 0.0512. The van der Waals surface area contributed by atoms with E-state index in [-0.39, 0.29) is 29.9 Å². The maximum Gasteiger partial charge on any atom is 0.242 e. The van der Waals surface area contributed by atoms with Gasteiger partial charge in [-0.05, 0) is 19.3 Å². The maximum absolute atomic E-state index is 11.9. The van der Waals surface area contributed by atoms with Crippen LogP contribution in [0.5, 0.6) is 0 Å². The molecule has 0 aromatic heterocycles. The number of carbonyl (C=O) groups is 2. The maximum atomic E-state index is 11.9. The molecule has 0 unspecified atom stereocenters. The summed E-state index contributed by atoms with van der Waals surface area (Å²) in [6, 6.07) is -0.378. The van der Waals surface area contributed by atoms with Crippen LogP contribution in [0.25, 0.3) is 0 Å². The van der Waals surface area contributed by atoms with E-state index in [0.29, 0.717) is 19.4 Å². The first-order valence-electron chi connectivity index (χ1n) is 6.83. The molecule has 0 aromatic rings. The highest BCUT2D eigenvalue weighted by molar-refractivity contribution is 5.90. The van der Waals surface area contributed by atoms with E-state index in [1.165, 1.54) is 6.42 Å². The van der Waals surface area contributed by atoms with Crippen LogP contribution in [0.1, 0.15) is 44.9 Å². The molecule has 0 spiro atoms. The van der Waals surface area contributed by atoms with E-state index < -0.39 is 0 Å². The quantitative estimate of drug-likeness (QED) is 0.676. The lowest BCUT2D eigenvalue weighted by Gasteiger charge is -2.35. The molecule has 2 aliphatic rings. The van der Waals surface area contributed by atoms with E-state index in [4.69, 9.17) is 0 Å². The minimum atomic E-state index is -0.378. The molecule has 3 N–H and O–H groups in total. The zero-order valence-corrected chi connectivity index (χ0v) is 10.7. The fraction of sp³-hybridized carbons (Fsp3) is 0.846. The van der Waals surface area contributed by atoms with Crippen molar-refractivity contribution in [3.05, 3.63) is 0 Å². The number of nitrogens with one attached hydrogen (secondary N) is 2. The topological polar surface area (TPSA) is 78.4 Å². The second-order valence-electron chi connectivity index (χ2n) is 5.60. The number of hydrogen-bond acceptors (Lipinski definition) is 3. The van der Waals surface area contributed by atoms with Crippen LogP contribution in [-0.4, -0.2) is 36.1 Å². The number of aliphatic hydroxyl groups is 1. The van der Waals surface area contributed by atoms with Crippen molar-refractivity contribution in [3.8, 4) is 0 Å². The molecule has 1 atom stereocenters. The van der Waals surface area contributed by atoms with Gasteiger partial charge in [0.25, 0.3) is 0 Å². The Morgan fingerprint density at radius 2 is 2.11 bits per heavy atom. The van der Waals surface area contributed by atoms with Gasteiger partial charge >= 0.3 is 0 Å². The number of rotatable bonds is 4. The second-order valence-corrected chi connectivity index (χ2v) is 5.60. The van der Waals surface area contributed by atoms with Gasteiger partial charge in [0, 0.05) is 18.4 Å². The predicted octanol–water partition coefficient (Wildman–Crippen LogP) is 0.324. The minimum Gasteiger partial charge on any atom is -0.396 e. The van der Waals surface area contributed by atoms with Gasteiger partial charge in [-0.15, -0.1) is 0 Å². The van der Waals surface area contributed by atoms with Crippen molar-refractivity contribution in [1.29, 1.82) is 0 Å². The number of aliphatic hydroxyl groups excluding tert-OH is 1. The van der Waals surface area contributed by atoms with Gasteiger partial charge in [0.05, 0.1) is 6.61 Å². The third kappa shape index (κ3) is 3.02. The van der Waals surface area contributed by atoms with E-state index in [2.05, 4.69) is 10.6 Å². The van der Waals surface area contributed by atoms with Gasteiger partial charge in [-0.25, -0.2) is 0 Å². The highest BCUT2D eigenvalue weighted by Gasteiger charge is 2.33. The number of amides is 2. The largest absolute Gasteiger partial charge is 0.396 e. The third-order valence-electron chi connectivity index (χ3n) is 4.20. The lowest BCUT2D eigenvalue weighted by molar-refractivity contribution is -0.126. The molecule has 1 heterocycles. The standard InChI is InChI=1S/C13H22N2O3/c16-9-13(6-2-1-3-7-13)8-14-12(18)10-4-5-11(17)15-10/h10,16H,1-9H2,(H,14,18)(H,15,17)/t10-/m1/s1. The first kappa shape index (κ1) is 13.3. The molecule has 2 amide bonds. The molecule has 2 rings (SSSR count). The van der Waals surface area contributed by atoms with Crippen molar-refractivity contribution < 1.29 is 14.7 Å². The van der Waals surface area contributed by atoms with Gasteiger partial charge < -0.3 is 15.7 Å². The highest BCUT2D eigenvalue weighted by Crippen LogP contribution is 2.35. The molecule has 5 heteroatoms. The Morgan fingerprint density at radius 1 is 1.39 bits per heavy atom. The van der Waals surface area contributed by atoms with Gasteiger partial charge in [0.2, 0.25) is 11.8 Å². The second kappa shape index (κ2) is 5.69. The van der Waals surface area contributed by atoms with Gasteiger partial charge in [-0.3, -0.25) is 9.59 Å². The summed E-state index contributed by atoms with van der Waals surface area (Å²) in [5.74, 6) is -0.163. The summed E-state index contributed by atoms with van der Waals surface area (Å²) >= 11 is 0. The summed E-state index contributed by atoms with van der Waals surface area (Å²) in [7, 11) is 0. The summed E-state index contributed by atoms with van der Waals surface area (Å²) in [5, 5.41) is 15.1. The van der Waals surface area contributed by atoms with E-state index in [1.807, 2.05) is 0 Å². The van der Waals surface area contributed by atoms with E-state index in [0.717, 1.165) is 25.7 Å². The molecular formula is C13H22N2O3. The molecule has 1 saturated carbocycles. The Labute approximate surface area is 107 Å². The van der Waals surface area contributed by atoms with Crippen molar-refractivity contribution in [2.45, 2.75) is 51.0 Å². The van der Waals surface area contributed by atoms with Crippen LogP contribution < -0.4 is 10.6 Å². The molecule has 102 valence electrons. The Morgan fingerprint density at radius 3 is 2.67 bits per heavy atom. The highest BCUT2D eigenvalue weighted by atomic mass is 16.3. The fourth-order valence-electron chi connectivity index (χ4n) is 2.90. The molecule has 2 fully saturated rings. The fourth-order valence-corrected chi connectivity index (χ4v) is 2.90. The Kier molecular flexibility index (Phi) is 4.22. The van der Waals surface area contributed by atoms with Crippen LogP contribution in [0.4, 0.5) is 0 Å². The van der Waals surface area contributed by atoms with Crippen LogP contribution >= 0.6 is 0 Å². The summed E-state index contributed by atoms with van der Waals surface area (Å²) in [4.78, 5) is 22.9. The molecule has 1 aliphatic carbocycles. The Balaban J connectivity index is 1.82. The van der Waals surface area contributed by atoms with Crippen LogP contribution in [0.2, 0.25) is 0 Å². The van der Waals surface area contributed by atoms with Gasteiger partial charge in [-0.1, -0.05) is 19.3 Å². The molecule has 1 aliphatic heterocycles. The first-order chi connectivity index (χ1) is 8.65. The van der Waals surface area contributed by atoms with Crippen LogP contribution in [-0.2, 0) is 9.59 Å². The molecule has 0 aromatic carbocycles. The zero-order chi connectivity index (χ0) is 13.0. The molecule has 18 heavy (non-hydrogen) atoms. The summed E-state index contributed by atoms with van der Waals surface area (Å²) in [5.41, 5.74) is -0.142. The van der Waals surface area contributed by atoms with Crippen molar-refractivity contribution >= 4 is 11.8 Å². The van der Waals surface area contributed by atoms with Crippen molar-refractivity contribution in [1.82, 2.24) is 10.6 Å². The molecular weight excluding hydrogens is 232 g/mol. The van der Waals surface area contributed by atoms with Crippen LogP contribution in [0.15, 0.2) is 0 Å². The molecule has 1 saturated heterocycles. The number of carbonyl (C=O) groups excluding carboxylic acids is 2. The lowest BCUT2D eigenvalue weighted by atomic mass is 9.74. The SMILES string of the molecule is O=C1CC[C@H](C(=O)NCC2(CO)CCCCC2)N1. The zero-order valence-electron chi connectivity index (χ0n) is 10.7. The first-order valence-corrected chi connectivity index (χ1v) is 6.83. The van der Waals surface area contributed by atoms with Crippen LogP contribution in [0, 0.1) is 5.41 Å². The normalized spacial score (nSPS) is 26.7. The average molecular weight is 254 g/mol. The Hall–Kier alpha value is -1.10.